The molecule has 0 aromatic heterocycles. The second-order valence-electron chi connectivity index (χ2n) is 5.88. The summed E-state index contributed by atoms with van der Waals surface area (Å²) in [5.41, 5.74) is 0. The SMILES string of the molecule is CC(C)CC(C)CC(=O)NCCN1CCNCC1. The van der Waals surface area contributed by atoms with Gasteiger partial charge in [0.25, 0.3) is 0 Å². The first-order valence-corrected chi connectivity index (χ1v) is 7.27. The maximum Gasteiger partial charge on any atom is 0.220 e. The minimum absolute atomic E-state index is 0.207. The molecular weight excluding hydrogens is 226 g/mol. The van der Waals surface area contributed by atoms with Crippen LogP contribution in [0.5, 0.6) is 0 Å². The lowest BCUT2D eigenvalue weighted by atomic mass is 9.96. The first-order chi connectivity index (χ1) is 8.58. The van der Waals surface area contributed by atoms with Crippen LogP contribution in [0.25, 0.3) is 0 Å². The minimum Gasteiger partial charge on any atom is -0.355 e. The van der Waals surface area contributed by atoms with Crippen molar-refractivity contribution >= 4 is 5.91 Å². The molecule has 4 heteroatoms. The van der Waals surface area contributed by atoms with Gasteiger partial charge >= 0.3 is 0 Å². The Morgan fingerprint density at radius 2 is 1.94 bits per heavy atom. The highest BCUT2D eigenvalue weighted by atomic mass is 16.1. The van der Waals surface area contributed by atoms with E-state index in [9.17, 15) is 4.79 Å². The van der Waals surface area contributed by atoms with Crippen LogP contribution in [0, 0.1) is 11.8 Å². The van der Waals surface area contributed by atoms with E-state index in [1.807, 2.05) is 0 Å². The number of nitrogens with one attached hydrogen (secondary N) is 2. The van der Waals surface area contributed by atoms with E-state index in [1.54, 1.807) is 0 Å². The lowest BCUT2D eigenvalue weighted by Gasteiger charge is -2.27. The summed E-state index contributed by atoms with van der Waals surface area (Å²) in [4.78, 5) is 14.1. The van der Waals surface area contributed by atoms with Gasteiger partial charge < -0.3 is 10.6 Å². The van der Waals surface area contributed by atoms with Crippen molar-refractivity contribution in [2.45, 2.75) is 33.6 Å². The Bertz CT molecular complexity index is 237. The predicted octanol–water partition coefficient (Wildman–Crippen LogP) is 1.08. The van der Waals surface area contributed by atoms with Crippen molar-refractivity contribution in [2.24, 2.45) is 11.8 Å². The number of carbonyl (C=O) groups is 1. The van der Waals surface area contributed by atoms with E-state index in [2.05, 4.69) is 36.3 Å². The molecule has 1 aliphatic heterocycles. The van der Waals surface area contributed by atoms with Gasteiger partial charge in [0.15, 0.2) is 0 Å². The van der Waals surface area contributed by atoms with Crippen molar-refractivity contribution in [3.8, 4) is 0 Å². The van der Waals surface area contributed by atoms with Gasteiger partial charge in [-0.1, -0.05) is 20.8 Å². The standard InChI is InChI=1S/C14H29N3O/c1-12(2)10-13(3)11-14(18)16-6-9-17-7-4-15-5-8-17/h12-13,15H,4-11H2,1-3H3,(H,16,18). The summed E-state index contributed by atoms with van der Waals surface area (Å²) >= 11 is 0. The molecule has 1 aliphatic rings. The van der Waals surface area contributed by atoms with Crippen LogP contribution in [0.4, 0.5) is 0 Å². The summed E-state index contributed by atoms with van der Waals surface area (Å²) in [6.07, 6.45) is 1.80. The molecule has 1 unspecified atom stereocenters. The van der Waals surface area contributed by atoms with Crippen LogP contribution in [-0.2, 0) is 4.79 Å². The molecule has 2 N–H and O–H groups in total. The first-order valence-electron chi connectivity index (χ1n) is 7.27. The zero-order chi connectivity index (χ0) is 13.4. The predicted molar refractivity (Wildman–Crippen MR) is 75.6 cm³/mol. The van der Waals surface area contributed by atoms with Gasteiger partial charge in [0, 0.05) is 45.7 Å². The average molecular weight is 255 g/mol. The first kappa shape index (κ1) is 15.4. The van der Waals surface area contributed by atoms with Crippen molar-refractivity contribution in [2.75, 3.05) is 39.3 Å². The molecule has 106 valence electrons. The molecule has 1 rings (SSSR count). The van der Waals surface area contributed by atoms with E-state index in [1.165, 1.54) is 0 Å². The Morgan fingerprint density at radius 3 is 2.56 bits per heavy atom. The molecule has 0 saturated carbocycles. The van der Waals surface area contributed by atoms with Crippen LogP contribution in [-0.4, -0.2) is 50.1 Å². The van der Waals surface area contributed by atoms with Crippen LogP contribution >= 0.6 is 0 Å². The Labute approximate surface area is 111 Å². The molecule has 1 fully saturated rings. The molecule has 4 nitrogen and oxygen atoms in total. The van der Waals surface area contributed by atoms with Gasteiger partial charge in [-0.05, 0) is 18.3 Å². The molecule has 1 amide bonds. The smallest absolute Gasteiger partial charge is 0.220 e. The van der Waals surface area contributed by atoms with Gasteiger partial charge in [0.2, 0.25) is 5.91 Å². The maximum atomic E-state index is 11.7. The van der Waals surface area contributed by atoms with Gasteiger partial charge in [-0.2, -0.15) is 0 Å². The molecule has 0 bridgehead atoms. The topological polar surface area (TPSA) is 44.4 Å². The number of piperazine rings is 1. The third-order valence-corrected chi connectivity index (χ3v) is 3.37. The molecule has 0 radical (unpaired) electrons. The summed E-state index contributed by atoms with van der Waals surface area (Å²) in [5.74, 6) is 1.37. The van der Waals surface area contributed by atoms with Gasteiger partial charge in [0.05, 0.1) is 0 Å². The fourth-order valence-corrected chi connectivity index (χ4v) is 2.56. The third-order valence-electron chi connectivity index (χ3n) is 3.37. The summed E-state index contributed by atoms with van der Waals surface area (Å²) in [6, 6.07) is 0. The van der Waals surface area contributed by atoms with Gasteiger partial charge in [-0.15, -0.1) is 0 Å². The summed E-state index contributed by atoms with van der Waals surface area (Å²) < 4.78 is 0. The molecule has 0 aromatic rings. The van der Waals surface area contributed by atoms with Crippen LogP contribution in [0.2, 0.25) is 0 Å². The largest absolute Gasteiger partial charge is 0.355 e. The van der Waals surface area contributed by atoms with Crippen molar-refractivity contribution in [3.63, 3.8) is 0 Å². The number of hydrogen-bond acceptors (Lipinski definition) is 3. The normalized spacial score (nSPS) is 18.9. The monoisotopic (exact) mass is 255 g/mol. The summed E-state index contributed by atoms with van der Waals surface area (Å²) in [7, 11) is 0. The highest BCUT2D eigenvalue weighted by Gasteiger charge is 2.12. The Balaban J connectivity index is 2.05. The molecule has 18 heavy (non-hydrogen) atoms. The van der Waals surface area contributed by atoms with E-state index in [0.717, 1.165) is 45.7 Å². The molecule has 0 aliphatic carbocycles. The van der Waals surface area contributed by atoms with Gasteiger partial charge in [-0.25, -0.2) is 0 Å². The van der Waals surface area contributed by atoms with Crippen molar-refractivity contribution in [1.29, 1.82) is 0 Å². The van der Waals surface area contributed by atoms with Crippen LogP contribution in [0.3, 0.4) is 0 Å². The second-order valence-corrected chi connectivity index (χ2v) is 5.88. The fraction of sp³-hybridized carbons (Fsp3) is 0.929. The lowest BCUT2D eigenvalue weighted by molar-refractivity contribution is -0.122. The van der Waals surface area contributed by atoms with Crippen molar-refractivity contribution in [3.05, 3.63) is 0 Å². The van der Waals surface area contributed by atoms with E-state index in [4.69, 9.17) is 0 Å². The molecule has 1 saturated heterocycles. The molecule has 1 atom stereocenters. The van der Waals surface area contributed by atoms with Gasteiger partial charge in [-0.3, -0.25) is 9.69 Å². The number of amides is 1. The summed E-state index contributed by atoms with van der Waals surface area (Å²) in [6.45, 7) is 12.7. The summed E-state index contributed by atoms with van der Waals surface area (Å²) in [5, 5.41) is 6.36. The van der Waals surface area contributed by atoms with Crippen LogP contribution in [0.1, 0.15) is 33.6 Å². The zero-order valence-electron chi connectivity index (χ0n) is 12.2. The number of carbonyl (C=O) groups excluding carboxylic acids is 1. The Hall–Kier alpha value is -0.610. The highest BCUT2D eigenvalue weighted by molar-refractivity contribution is 5.76. The Kier molecular flexibility index (Phi) is 7.28. The number of rotatable bonds is 7. The van der Waals surface area contributed by atoms with Crippen molar-refractivity contribution in [1.82, 2.24) is 15.5 Å². The number of hydrogen-bond donors (Lipinski definition) is 2. The third kappa shape index (κ3) is 6.97. The van der Waals surface area contributed by atoms with E-state index in [0.29, 0.717) is 18.3 Å². The van der Waals surface area contributed by atoms with E-state index >= 15 is 0 Å². The fourth-order valence-electron chi connectivity index (χ4n) is 2.56. The minimum atomic E-state index is 0.207. The second kappa shape index (κ2) is 8.48. The quantitative estimate of drug-likeness (QED) is 0.715. The highest BCUT2D eigenvalue weighted by Crippen LogP contribution is 2.13. The zero-order valence-corrected chi connectivity index (χ0v) is 12.2. The molecule has 0 spiro atoms. The average Bonchev–Trinajstić information content (AvgIpc) is 2.29. The van der Waals surface area contributed by atoms with Crippen LogP contribution in [0.15, 0.2) is 0 Å². The van der Waals surface area contributed by atoms with Gasteiger partial charge in [0.1, 0.15) is 0 Å². The Morgan fingerprint density at radius 1 is 1.28 bits per heavy atom. The molecule has 1 heterocycles. The number of nitrogens with zero attached hydrogens (tertiary/aromatic N) is 1. The molecule has 0 aromatic carbocycles. The van der Waals surface area contributed by atoms with E-state index < -0.39 is 0 Å². The van der Waals surface area contributed by atoms with E-state index in [-0.39, 0.29) is 5.91 Å². The maximum absolute atomic E-state index is 11.7. The molecular formula is C14H29N3O. The van der Waals surface area contributed by atoms with Crippen LogP contribution < -0.4 is 10.6 Å². The lowest BCUT2D eigenvalue weighted by Crippen LogP contribution is -2.46. The van der Waals surface area contributed by atoms with Crippen molar-refractivity contribution < 1.29 is 4.79 Å².